The minimum Gasteiger partial charge on any atom is -0.472 e. The first-order chi connectivity index (χ1) is 9.72. The van der Waals surface area contributed by atoms with Crippen LogP contribution >= 0.6 is 0 Å². The molecule has 0 aliphatic carbocycles. The van der Waals surface area contributed by atoms with Gasteiger partial charge >= 0.3 is 0 Å². The van der Waals surface area contributed by atoms with E-state index < -0.39 is 0 Å². The Morgan fingerprint density at radius 3 is 2.50 bits per heavy atom. The van der Waals surface area contributed by atoms with Crippen molar-refractivity contribution in [3.8, 4) is 11.5 Å². The van der Waals surface area contributed by atoms with Crippen LogP contribution in [0.3, 0.4) is 0 Å². The summed E-state index contributed by atoms with van der Waals surface area (Å²) in [5, 5.41) is 8.16. The van der Waals surface area contributed by atoms with Gasteiger partial charge in [-0.1, -0.05) is 26.0 Å². The van der Waals surface area contributed by atoms with Gasteiger partial charge in [-0.05, 0) is 35.2 Å². The Bertz CT molecular complexity index is 667. The van der Waals surface area contributed by atoms with Gasteiger partial charge in [-0.25, -0.2) is 0 Å². The highest BCUT2D eigenvalue weighted by molar-refractivity contribution is 5.53. The maximum Gasteiger partial charge on any atom is 0.247 e. The van der Waals surface area contributed by atoms with Gasteiger partial charge in [0.05, 0.1) is 18.9 Å². The van der Waals surface area contributed by atoms with Crippen molar-refractivity contribution in [2.45, 2.75) is 26.2 Å². The normalized spacial score (nSPS) is 11.2. The number of hydrogen-bond acceptors (Lipinski definition) is 4. The third kappa shape index (κ3) is 2.64. The predicted octanol–water partition coefficient (Wildman–Crippen LogP) is 4.04. The molecule has 4 heteroatoms. The van der Waals surface area contributed by atoms with Crippen LogP contribution in [0, 0.1) is 0 Å². The summed E-state index contributed by atoms with van der Waals surface area (Å²) in [6.07, 6.45) is 3.91. The average Bonchev–Trinajstić information content (AvgIpc) is 3.11. The largest absolute Gasteiger partial charge is 0.472 e. The fourth-order valence-electron chi connectivity index (χ4n) is 2.02. The van der Waals surface area contributed by atoms with E-state index in [0.717, 1.165) is 11.1 Å². The second-order valence-corrected chi connectivity index (χ2v) is 5.09. The lowest BCUT2D eigenvalue weighted by atomic mass is 10.0. The van der Waals surface area contributed by atoms with Gasteiger partial charge in [0.15, 0.2) is 0 Å². The number of nitrogens with zero attached hydrogens (tertiary/aromatic N) is 2. The van der Waals surface area contributed by atoms with Crippen LogP contribution in [0.25, 0.3) is 11.5 Å². The Kier molecular flexibility index (Phi) is 3.37. The molecule has 2 aromatic heterocycles. The minimum absolute atomic E-state index is 0.517. The van der Waals surface area contributed by atoms with E-state index in [9.17, 15) is 0 Å². The Balaban J connectivity index is 1.79. The van der Waals surface area contributed by atoms with Crippen LogP contribution < -0.4 is 0 Å². The number of benzene rings is 1. The summed E-state index contributed by atoms with van der Waals surface area (Å²) in [6, 6.07) is 10.1. The summed E-state index contributed by atoms with van der Waals surface area (Å²) in [5.74, 6) is 1.66. The first-order valence-electron chi connectivity index (χ1n) is 6.66. The second-order valence-electron chi connectivity index (χ2n) is 5.09. The molecule has 0 amide bonds. The molecule has 0 spiro atoms. The van der Waals surface area contributed by atoms with Crippen molar-refractivity contribution < 1.29 is 8.83 Å². The van der Waals surface area contributed by atoms with Crippen LogP contribution in [0.2, 0.25) is 0 Å². The summed E-state index contributed by atoms with van der Waals surface area (Å²) in [4.78, 5) is 0. The quantitative estimate of drug-likeness (QED) is 0.716. The van der Waals surface area contributed by atoms with Crippen molar-refractivity contribution in [2.24, 2.45) is 0 Å². The Morgan fingerprint density at radius 1 is 1.05 bits per heavy atom. The van der Waals surface area contributed by atoms with Crippen molar-refractivity contribution >= 4 is 0 Å². The Hall–Kier alpha value is -2.36. The van der Waals surface area contributed by atoms with Gasteiger partial charge in [-0.15, -0.1) is 10.2 Å². The van der Waals surface area contributed by atoms with E-state index in [2.05, 4.69) is 36.2 Å². The van der Waals surface area contributed by atoms with Crippen LogP contribution in [0.1, 0.15) is 36.8 Å². The molecule has 0 unspecified atom stereocenters. The first-order valence-corrected chi connectivity index (χ1v) is 6.66. The molecule has 0 radical (unpaired) electrons. The summed E-state index contributed by atoms with van der Waals surface area (Å²) in [6.45, 7) is 4.34. The molecule has 0 bridgehead atoms. The molecule has 1 aromatic carbocycles. The molecule has 2 heterocycles. The van der Waals surface area contributed by atoms with Gasteiger partial charge in [-0.2, -0.15) is 0 Å². The van der Waals surface area contributed by atoms with E-state index in [1.54, 1.807) is 12.5 Å². The highest BCUT2D eigenvalue weighted by Crippen LogP contribution is 2.22. The zero-order valence-corrected chi connectivity index (χ0v) is 11.5. The monoisotopic (exact) mass is 268 g/mol. The summed E-state index contributed by atoms with van der Waals surface area (Å²) < 4.78 is 10.7. The van der Waals surface area contributed by atoms with Gasteiger partial charge < -0.3 is 8.83 Å². The average molecular weight is 268 g/mol. The molecule has 0 atom stereocenters. The lowest BCUT2D eigenvalue weighted by Crippen LogP contribution is -1.86. The molecule has 0 aliphatic heterocycles. The molecule has 3 aromatic rings. The number of hydrogen-bond donors (Lipinski definition) is 0. The Labute approximate surface area is 117 Å². The van der Waals surface area contributed by atoms with Crippen LogP contribution in [0.15, 0.2) is 51.7 Å². The lowest BCUT2D eigenvalue weighted by Gasteiger charge is -2.04. The van der Waals surface area contributed by atoms with E-state index >= 15 is 0 Å². The smallest absolute Gasteiger partial charge is 0.247 e. The zero-order valence-electron chi connectivity index (χ0n) is 11.5. The van der Waals surface area contributed by atoms with Gasteiger partial charge in [-0.3, -0.25) is 0 Å². The van der Waals surface area contributed by atoms with Gasteiger partial charge in [0, 0.05) is 5.56 Å². The number of rotatable bonds is 4. The summed E-state index contributed by atoms with van der Waals surface area (Å²) in [5.41, 5.74) is 3.27. The Morgan fingerprint density at radius 2 is 1.85 bits per heavy atom. The van der Waals surface area contributed by atoms with Crippen molar-refractivity contribution in [1.82, 2.24) is 10.2 Å². The standard InChI is InChI=1S/C16H16N2O2/c1-11(2)13-3-5-14(6-4-13)16-18-17-15(20-16)9-12-7-8-19-10-12/h3-8,10-11H,9H2,1-2H3. The third-order valence-corrected chi connectivity index (χ3v) is 3.23. The minimum atomic E-state index is 0.517. The van der Waals surface area contributed by atoms with Crippen molar-refractivity contribution in [1.29, 1.82) is 0 Å². The van der Waals surface area contributed by atoms with Crippen LogP contribution in [0.4, 0.5) is 0 Å². The maximum atomic E-state index is 5.68. The SMILES string of the molecule is CC(C)c1ccc(-c2nnc(Cc3ccoc3)o2)cc1. The molecule has 0 N–H and O–H groups in total. The molecule has 3 rings (SSSR count). The highest BCUT2D eigenvalue weighted by atomic mass is 16.4. The fourth-order valence-corrected chi connectivity index (χ4v) is 2.02. The van der Waals surface area contributed by atoms with Crippen molar-refractivity contribution in [3.05, 3.63) is 59.9 Å². The maximum absolute atomic E-state index is 5.68. The molecular weight excluding hydrogens is 252 g/mol. The molecule has 0 saturated carbocycles. The van der Waals surface area contributed by atoms with Crippen LogP contribution in [0.5, 0.6) is 0 Å². The molecular formula is C16H16N2O2. The highest BCUT2D eigenvalue weighted by Gasteiger charge is 2.10. The molecule has 0 aliphatic rings. The van der Waals surface area contributed by atoms with E-state index in [4.69, 9.17) is 8.83 Å². The van der Waals surface area contributed by atoms with E-state index in [1.165, 1.54) is 5.56 Å². The predicted molar refractivity (Wildman–Crippen MR) is 75.3 cm³/mol. The number of furan rings is 1. The summed E-state index contributed by atoms with van der Waals surface area (Å²) in [7, 11) is 0. The van der Waals surface area contributed by atoms with E-state index in [0.29, 0.717) is 24.1 Å². The molecule has 102 valence electrons. The molecule has 0 saturated heterocycles. The summed E-state index contributed by atoms with van der Waals surface area (Å²) >= 11 is 0. The van der Waals surface area contributed by atoms with Crippen LogP contribution in [-0.4, -0.2) is 10.2 Å². The molecule has 0 fully saturated rings. The fraction of sp³-hybridized carbons (Fsp3) is 0.250. The van der Waals surface area contributed by atoms with Crippen molar-refractivity contribution in [3.63, 3.8) is 0 Å². The lowest BCUT2D eigenvalue weighted by molar-refractivity contribution is 0.515. The number of aromatic nitrogens is 2. The second kappa shape index (κ2) is 5.33. The van der Waals surface area contributed by atoms with E-state index in [1.807, 2.05) is 18.2 Å². The van der Waals surface area contributed by atoms with Gasteiger partial charge in [0.25, 0.3) is 0 Å². The van der Waals surface area contributed by atoms with Gasteiger partial charge in [0.1, 0.15) is 0 Å². The van der Waals surface area contributed by atoms with Crippen molar-refractivity contribution in [2.75, 3.05) is 0 Å². The third-order valence-electron chi connectivity index (χ3n) is 3.23. The van der Waals surface area contributed by atoms with Gasteiger partial charge in [0.2, 0.25) is 11.8 Å². The van der Waals surface area contributed by atoms with Crippen LogP contribution in [-0.2, 0) is 6.42 Å². The molecule has 4 nitrogen and oxygen atoms in total. The zero-order chi connectivity index (χ0) is 13.9. The first kappa shape index (κ1) is 12.7. The van der Waals surface area contributed by atoms with E-state index in [-0.39, 0.29) is 0 Å². The topological polar surface area (TPSA) is 52.1 Å². The molecule has 20 heavy (non-hydrogen) atoms.